The summed E-state index contributed by atoms with van der Waals surface area (Å²) in [6.45, 7) is 1.43. The summed E-state index contributed by atoms with van der Waals surface area (Å²) >= 11 is 0. The predicted molar refractivity (Wildman–Crippen MR) is 91.5 cm³/mol. The standard InChI is InChI=1S/C18H16N2O4/c1-11(21)19-12-7-9-13(10-8-12)20-18(22)17-16(23-2)14-5-3-4-6-15(14)24-17/h3-10H,1-2H3,(H,19,21)(H,20,22). The lowest BCUT2D eigenvalue weighted by Gasteiger charge is -2.06. The van der Waals surface area contributed by atoms with Crippen molar-refractivity contribution in [2.45, 2.75) is 6.92 Å². The molecule has 0 aliphatic heterocycles. The Morgan fingerprint density at radius 1 is 0.958 bits per heavy atom. The van der Waals surface area contributed by atoms with E-state index in [1.807, 2.05) is 18.2 Å². The van der Waals surface area contributed by atoms with Gasteiger partial charge in [0, 0.05) is 18.3 Å². The minimum Gasteiger partial charge on any atom is -0.492 e. The number of anilines is 2. The Kier molecular flexibility index (Phi) is 4.20. The third-order valence-electron chi connectivity index (χ3n) is 3.42. The predicted octanol–water partition coefficient (Wildman–Crippen LogP) is 3.65. The first-order chi connectivity index (χ1) is 11.6. The van der Waals surface area contributed by atoms with E-state index in [-0.39, 0.29) is 11.7 Å². The van der Waals surface area contributed by atoms with Gasteiger partial charge in [-0.05, 0) is 36.4 Å². The van der Waals surface area contributed by atoms with Gasteiger partial charge in [0.25, 0.3) is 5.91 Å². The highest BCUT2D eigenvalue weighted by atomic mass is 16.5. The van der Waals surface area contributed by atoms with Gasteiger partial charge in [-0.15, -0.1) is 0 Å². The van der Waals surface area contributed by atoms with Crippen molar-refractivity contribution in [3.8, 4) is 5.75 Å². The second kappa shape index (κ2) is 6.45. The van der Waals surface area contributed by atoms with Gasteiger partial charge in [0.2, 0.25) is 11.7 Å². The number of hydrogen-bond acceptors (Lipinski definition) is 4. The zero-order valence-corrected chi connectivity index (χ0v) is 13.3. The third-order valence-corrected chi connectivity index (χ3v) is 3.42. The number of nitrogens with one attached hydrogen (secondary N) is 2. The van der Waals surface area contributed by atoms with Crippen LogP contribution in [-0.2, 0) is 4.79 Å². The van der Waals surface area contributed by atoms with Crippen molar-refractivity contribution in [2.24, 2.45) is 0 Å². The van der Waals surface area contributed by atoms with Crippen molar-refractivity contribution in [3.63, 3.8) is 0 Å². The van der Waals surface area contributed by atoms with Crippen molar-refractivity contribution in [1.82, 2.24) is 0 Å². The van der Waals surface area contributed by atoms with E-state index in [1.165, 1.54) is 14.0 Å². The lowest BCUT2D eigenvalue weighted by molar-refractivity contribution is -0.114. The van der Waals surface area contributed by atoms with Crippen molar-refractivity contribution >= 4 is 34.2 Å². The fourth-order valence-corrected chi connectivity index (χ4v) is 2.40. The zero-order chi connectivity index (χ0) is 17.1. The number of para-hydroxylation sites is 1. The summed E-state index contributed by atoms with van der Waals surface area (Å²) < 4.78 is 10.9. The maximum Gasteiger partial charge on any atom is 0.295 e. The van der Waals surface area contributed by atoms with E-state index in [2.05, 4.69) is 10.6 Å². The van der Waals surface area contributed by atoms with Gasteiger partial charge in [0.1, 0.15) is 5.58 Å². The lowest BCUT2D eigenvalue weighted by Crippen LogP contribution is -2.12. The lowest BCUT2D eigenvalue weighted by atomic mass is 10.2. The van der Waals surface area contributed by atoms with Crippen molar-refractivity contribution in [1.29, 1.82) is 0 Å². The number of rotatable bonds is 4. The zero-order valence-electron chi connectivity index (χ0n) is 13.3. The molecule has 0 fully saturated rings. The molecule has 2 aromatic carbocycles. The third kappa shape index (κ3) is 3.08. The van der Waals surface area contributed by atoms with Crippen LogP contribution in [-0.4, -0.2) is 18.9 Å². The minimum atomic E-state index is -0.407. The summed E-state index contributed by atoms with van der Waals surface area (Å²) in [6, 6.07) is 14.1. The molecule has 0 saturated carbocycles. The van der Waals surface area contributed by atoms with Gasteiger partial charge < -0.3 is 19.8 Å². The van der Waals surface area contributed by atoms with E-state index in [0.717, 1.165) is 5.39 Å². The molecule has 0 radical (unpaired) electrons. The highest BCUT2D eigenvalue weighted by Gasteiger charge is 2.21. The van der Waals surface area contributed by atoms with Gasteiger partial charge in [-0.3, -0.25) is 9.59 Å². The molecular weight excluding hydrogens is 308 g/mol. The van der Waals surface area contributed by atoms with Crippen LogP contribution in [0.3, 0.4) is 0 Å². The second-order valence-corrected chi connectivity index (χ2v) is 5.17. The number of fused-ring (bicyclic) bond motifs is 1. The fourth-order valence-electron chi connectivity index (χ4n) is 2.40. The van der Waals surface area contributed by atoms with Crippen molar-refractivity contribution < 1.29 is 18.7 Å². The molecule has 1 aromatic heterocycles. The molecule has 0 aliphatic carbocycles. The molecule has 24 heavy (non-hydrogen) atoms. The van der Waals surface area contributed by atoms with Gasteiger partial charge in [-0.2, -0.15) is 0 Å². The normalized spacial score (nSPS) is 10.4. The van der Waals surface area contributed by atoms with E-state index in [4.69, 9.17) is 9.15 Å². The molecule has 0 unspecified atom stereocenters. The number of ether oxygens (including phenoxy) is 1. The Hall–Kier alpha value is -3.28. The highest BCUT2D eigenvalue weighted by Crippen LogP contribution is 2.33. The first-order valence-corrected chi connectivity index (χ1v) is 7.33. The molecule has 2 amide bonds. The fraction of sp³-hybridized carbons (Fsp3) is 0.111. The number of carbonyl (C=O) groups is 2. The number of hydrogen-bond donors (Lipinski definition) is 2. The molecule has 3 rings (SSSR count). The Morgan fingerprint density at radius 3 is 2.21 bits per heavy atom. The quantitative estimate of drug-likeness (QED) is 0.767. The van der Waals surface area contributed by atoms with Crippen LogP contribution >= 0.6 is 0 Å². The van der Waals surface area contributed by atoms with Crippen LogP contribution in [0.2, 0.25) is 0 Å². The number of benzene rings is 2. The van der Waals surface area contributed by atoms with E-state index in [1.54, 1.807) is 30.3 Å². The van der Waals surface area contributed by atoms with E-state index >= 15 is 0 Å². The summed E-state index contributed by atoms with van der Waals surface area (Å²) in [6.07, 6.45) is 0. The molecule has 6 nitrogen and oxygen atoms in total. The van der Waals surface area contributed by atoms with Crippen molar-refractivity contribution in [3.05, 3.63) is 54.3 Å². The number of furan rings is 1. The molecule has 0 bridgehead atoms. The summed E-state index contributed by atoms with van der Waals surface area (Å²) in [5.74, 6) is -0.0447. The molecule has 0 aliphatic rings. The minimum absolute atomic E-state index is 0.115. The molecule has 122 valence electrons. The van der Waals surface area contributed by atoms with Gasteiger partial charge in [0.15, 0.2) is 5.75 Å². The summed E-state index contributed by atoms with van der Waals surface area (Å²) in [5, 5.41) is 6.15. The largest absolute Gasteiger partial charge is 0.492 e. The Balaban J connectivity index is 1.83. The van der Waals surface area contributed by atoms with E-state index in [0.29, 0.717) is 22.7 Å². The van der Waals surface area contributed by atoms with E-state index < -0.39 is 5.91 Å². The van der Waals surface area contributed by atoms with Gasteiger partial charge in [-0.25, -0.2) is 0 Å². The van der Waals surface area contributed by atoms with Crippen LogP contribution < -0.4 is 15.4 Å². The maximum absolute atomic E-state index is 12.5. The average molecular weight is 324 g/mol. The molecule has 2 N–H and O–H groups in total. The molecular formula is C18H16N2O4. The van der Waals surface area contributed by atoms with Gasteiger partial charge in [0.05, 0.1) is 12.5 Å². The molecule has 0 saturated heterocycles. The maximum atomic E-state index is 12.5. The molecule has 0 spiro atoms. The van der Waals surface area contributed by atoms with E-state index in [9.17, 15) is 9.59 Å². The smallest absolute Gasteiger partial charge is 0.295 e. The first kappa shape index (κ1) is 15.6. The van der Waals surface area contributed by atoms with Crippen LogP contribution in [0.1, 0.15) is 17.5 Å². The number of amides is 2. The number of methoxy groups -OCH3 is 1. The monoisotopic (exact) mass is 324 g/mol. The second-order valence-electron chi connectivity index (χ2n) is 5.17. The van der Waals surface area contributed by atoms with Crippen LogP contribution in [0.5, 0.6) is 5.75 Å². The topological polar surface area (TPSA) is 80.6 Å². The Bertz CT molecular complexity index is 897. The SMILES string of the molecule is COc1c(C(=O)Nc2ccc(NC(C)=O)cc2)oc2ccccc12. The van der Waals surface area contributed by atoms with Gasteiger partial charge in [-0.1, -0.05) is 12.1 Å². The summed E-state index contributed by atoms with van der Waals surface area (Å²) in [7, 11) is 1.50. The van der Waals surface area contributed by atoms with Crippen LogP contribution in [0.25, 0.3) is 11.0 Å². The molecule has 0 atom stereocenters. The molecule has 1 heterocycles. The molecule has 3 aromatic rings. The summed E-state index contributed by atoms with van der Waals surface area (Å²) in [5.41, 5.74) is 1.82. The van der Waals surface area contributed by atoms with Gasteiger partial charge >= 0.3 is 0 Å². The highest BCUT2D eigenvalue weighted by molar-refractivity contribution is 6.08. The average Bonchev–Trinajstić information content (AvgIpc) is 2.95. The Labute approximate surface area is 138 Å². The van der Waals surface area contributed by atoms with Crippen LogP contribution in [0, 0.1) is 0 Å². The Morgan fingerprint density at radius 2 is 1.58 bits per heavy atom. The summed E-state index contributed by atoms with van der Waals surface area (Å²) in [4.78, 5) is 23.5. The number of carbonyl (C=O) groups excluding carboxylic acids is 2. The molecule has 6 heteroatoms. The van der Waals surface area contributed by atoms with Crippen LogP contribution in [0.4, 0.5) is 11.4 Å². The first-order valence-electron chi connectivity index (χ1n) is 7.33. The van der Waals surface area contributed by atoms with Crippen molar-refractivity contribution in [2.75, 3.05) is 17.7 Å². The van der Waals surface area contributed by atoms with Crippen LogP contribution in [0.15, 0.2) is 52.9 Å².